The lowest BCUT2D eigenvalue weighted by atomic mass is 10.3. The molecule has 9 heteroatoms. The van der Waals surface area contributed by atoms with Crippen molar-refractivity contribution in [3.05, 3.63) is 24.3 Å². The summed E-state index contributed by atoms with van der Waals surface area (Å²) in [5.74, 6) is 0.387. The van der Waals surface area contributed by atoms with Crippen molar-refractivity contribution in [2.24, 2.45) is 0 Å². The van der Waals surface area contributed by atoms with Crippen molar-refractivity contribution in [2.75, 3.05) is 52.1 Å². The number of nitrogens with zero attached hydrogens (tertiary/aromatic N) is 3. The van der Waals surface area contributed by atoms with Crippen molar-refractivity contribution in [3.63, 3.8) is 0 Å². The van der Waals surface area contributed by atoms with E-state index in [1.807, 2.05) is 24.3 Å². The summed E-state index contributed by atoms with van der Waals surface area (Å²) < 4.78 is 6.78. The molecule has 1 aromatic heterocycles. The summed E-state index contributed by atoms with van der Waals surface area (Å²) in [6.07, 6.45) is -0.273. The minimum Gasteiger partial charge on any atom is -0.453 e. The zero-order valence-corrected chi connectivity index (χ0v) is 16.3. The van der Waals surface area contributed by atoms with Crippen LogP contribution in [0.15, 0.2) is 28.6 Å². The number of carbonyl (C=O) groups excluding carboxylic acids is 2. The number of benzene rings is 1. The molecule has 3 rings (SSSR count). The molecule has 2 aromatic rings. The van der Waals surface area contributed by atoms with Gasteiger partial charge in [0.2, 0.25) is 5.91 Å². The molecule has 1 aliphatic rings. The third-order valence-electron chi connectivity index (χ3n) is 4.16. The van der Waals surface area contributed by atoms with Gasteiger partial charge in [0, 0.05) is 39.3 Å². The smallest absolute Gasteiger partial charge is 0.409 e. The van der Waals surface area contributed by atoms with Crippen molar-refractivity contribution >= 4 is 45.3 Å². The minimum atomic E-state index is -0.273. The maximum Gasteiger partial charge on any atom is 0.409 e. The lowest BCUT2D eigenvalue weighted by Crippen LogP contribution is -2.50. The summed E-state index contributed by atoms with van der Waals surface area (Å²) >= 11 is 3.08. The summed E-state index contributed by atoms with van der Waals surface area (Å²) in [7, 11) is 1.40. The molecule has 1 aromatic carbocycles. The molecule has 1 N–H and O–H groups in total. The number of fused-ring (bicyclic) bond motifs is 1. The van der Waals surface area contributed by atoms with Gasteiger partial charge in [-0.25, -0.2) is 9.78 Å². The number of hydrogen-bond acceptors (Lipinski definition) is 7. The molecule has 0 radical (unpaired) electrons. The van der Waals surface area contributed by atoms with Crippen molar-refractivity contribution in [1.82, 2.24) is 20.1 Å². The van der Waals surface area contributed by atoms with Crippen LogP contribution < -0.4 is 5.32 Å². The van der Waals surface area contributed by atoms with Gasteiger partial charge in [0.05, 0.1) is 23.1 Å². The lowest BCUT2D eigenvalue weighted by molar-refractivity contribution is -0.118. The van der Waals surface area contributed by atoms with Crippen molar-refractivity contribution in [1.29, 1.82) is 0 Å². The Hall–Kier alpha value is -1.84. The third kappa shape index (κ3) is 5.09. The fourth-order valence-corrected chi connectivity index (χ4v) is 4.63. The Morgan fingerprint density at radius 2 is 2.04 bits per heavy atom. The Labute approximate surface area is 160 Å². The van der Waals surface area contributed by atoms with Crippen LogP contribution in [0, 0.1) is 0 Å². The predicted molar refractivity (Wildman–Crippen MR) is 104 cm³/mol. The number of thiazole rings is 1. The second-order valence-electron chi connectivity index (χ2n) is 5.88. The molecule has 0 unspecified atom stereocenters. The summed E-state index contributed by atoms with van der Waals surface area (Å²) in [5.41, 5.74) is 0.978. The van der Waals surface area contributed by atoms with E-state index in [0.717, 1.165) is 34.2 Å². The first-order chi connectivity index (χ1) is 12.7. The van der Waals surface area contributed by atoms with Crippen LogP contribution in [-0.4, -0.2) is 78.9 Å². The second kappa shape index (κ2) is 9.20. The topological polar surface area (TPSA) is 74.8 Å². The van der Waals surface area contributed by atoms with Crippen LogP contribution in [0.25, 0.3) is 10.2 Å². The lowest BCUT2D eigenvalue weighted by Gasteiger charge is -2.33. The van der Waals surface area contributed by atoms with E-state index in [1.165, 1.54) is 18.9 Å². The molecule has 0 spiro atoms. The van der Waals surface area contributed by atoms with E-state index < -0.39 is 0 Å². The second-order valence-corrected chi connectivity index (χ2v) is 8.14. The number of aromatic nitrogens is 1. The summed E-state index contributed by atoms with van der Waals surface area (Å²) in [6, 6.07) is 7.98. The van der Waals surface area contributed by atoms with E-state index >= 15 is 0 Å². The highest BCUT2D eigenvalue weighted by molar-refractivity contribution is 8.01. The number of nitrogens with one attached hydrogen (secondary N) is 1. The number of amides is 2. The van der Waals surface area contributed by atoms with E-state index in [0.29, 0.717) is 25.4 Å². The molecule has 26 heavy (non-hydrogen) atoms. The Morgan fingerprint density at radius 1 is 1.27 bits per heavy atom. The first-order valence-electron chi connectivity index (χ1n) is 8.46. The Kier molecular flexibility index (Phi) is 6.70. The van der Waals surface area contributed by atoms with Crippen LogP contribution in [0.3, 0.4) is 0 Å². The highest BCUT2D eigenvalue weighted by atomic mass is 32.2. The van der Waals surface area contributed by atoms with Gasteiger partial charge in [0.25, 0.3) is 0 Å². The Balaban J connectivity index is 1.33. The molecule has 0 saturated carbocycles. The van der Waals surface area contributed by atoms with E-state index in [4.69, 9.17) is 4.74 Å². The maximum atomic E-state index is 12.0. The van der Waals surface area contributed by atoms with E-state index in [1.54, 1.807) is 16.2 Å². The summed E-state index contributed by atoms with van der Waals surface area (Å²) in [5, 5.41) is 2.95. The van der Waals surface area contributed by atoms with Crippen LogP contribution in [0.2, 0.25) is 0 Å². The van der Waals surface area contributed by atoms with Crippen molar-refractivity contribution in [2.45, 2.75) is 4.34 Å². The monoisotopic (exact) mass is 394 g/mol. The van der Waals surface area contributed by atoms with Crippen molar-refractivity contribution < 1.29 is 14.3 Å². The van der Waals surface area contributed by atoms with E-state index in [9.17, 15) is 9.59 Å². The molecule has 0 bridgehead atoms. The van der Waals surface area contributed by atoms with Gasteiger partial charge in [0.1, 0.15) is 0 Å². The van der Waals surface area contributed by atoms with Gasteiger partial charge in [-0.3, -0.25) is 9.69 Å². The molecular formula is C17H22N4O3S2. The average Bonchev–Trinajstić information content (AvgIpc) is 3.09. The predicted octanol–water partition coefficient (Wildman–Crippen LogP) is 1.89. The van der Waals surface area contributed by atoms with Crippen LogP contribution in [0.4, 0.5) is 4.79 Å². The number of ether oxygens (including phenoxy) is 1. The Morgan fingerprint density at radius 3 is 2.77 bits per heavy atom. The zero-order valence-electron chi connectivity index (χ0n) is 14.6. The molecule has 0 atom stereocenters. The van der Waals surface area contributed by atoms with Gasteiger partial charge < -0.3 is 15.0 Å². The molecular weight excluding hydrogens is 372 g/mol. The number of carbonyl (C=O) groups is 2. The number of para-hydroxylation sites is 1. The third-order valence-corrected chi connectivity index (χ3v) is 6.34. The van der Waals surface area contributed by atoms with Gasteiger partial charge in [-0.05, 0) is 12.1 Å². The van der Waals surface area contributed by atoms with Gasteiger partial charge in [-0.15, -0.1) is 11.3 Å². The number of thioether (sulfide) groups is 1. The normalized spacial score (nSPS) is 15.2. The first kappa shape index (κ1) is 18.9. The number of rotatable bonds is 6. The Bertz CT molecular complexity index is 726. The molecule has 7 nitrogen and oxygen atoms in total. The fraction of sp³-hybridized carbons (Fsp3) is 0.471. The van der Waals surface area contributed by atoms with Gasteiger partial charge in [0.15, 0.2) is 4.34 Å². The fourth-order valence-electron chi connectivity index (χ4n) is 2.73. The summed E-state index contributed by atoms with van der Waals surface area (Å²) in [4.78, 5) is 31.9. The molecule has 140 valence electrons. The highest BCUT2D eigenvalue weighted by Gasteiger charge is 2.21. The molecule has 2 heterocycles. The maximum absolute atomic E-state index is 12.0. The molecule has 1 aliphatic heterocycles. The van der Waals surface area contributed by atoms with Crippen LogP contribution in [0.1, 0.15) is 0 Å². The molecule has 1 fully saturated rings. The first-order valence-corrected chi connectivity index (χ1v) is 10.3. The van der Waals surface area contributed by atoms with Crippen LogP contribution in [0.5, 0.6) is 0 Å². The van der Waals surface area contributed by atoms with E-state index in [-0.39, 0.29) is 12.0 Å². The van der Waals surface area contributed by atoms with Crippen molar-refractivity contribution in [3.8, 4) is 0 Å². The zero-order chi connectivity index (χ0) is 18.4. The van der Waals surface area contributed by atoms with Gasteiger partial charge in [-0.2, -0.15) is 0 Å². The average molecular weight is 395 g/mol. The molecule has 2 amide bonds. The van der Waals surface area contributed by atoms with Gasteiger partial charge >= 0.3 is 6.09 Å². The summed E-state index contributed by atoms with van der Waals surface area (Å²) in [6.45, 7) is 4.31. The van der Waals surface area contributed by atoms with Crippen LogP contribution in [-0.2, 0) is 9.53 Å². The molecule has 0 aliphatic carbocycles. The number of hydrogen-bond donors (Lipinski definition) is 1. The largest absolute Gasteiger partial charge is 0.453 e. The quantitative estimate of drug-likeness (QED) is 0.754. The number of methoxy groups -OCH3 is 1. The molecule has 1 saturated heterocycles. The number of piperazine rings is 1. The van der Waals surface area contributed by atoms with Gasteiger partial charge in [-0.1, -0.05) is 23.9 Å². The van der Waals surface area contributed by atoms with E-state index in [2.05, 4.69) is 15.2 Å². The van der Waals surface area contributed by atoms with Crippen LogP contribution >= 0.6 is 23.1 Å². The standard InChI is InChI=1S/C17H22N4O3S2/c1-24-17(23)21-10-8-20(9-11-21)7-6-18-15(22)12-25-16-19-13-4-2-3-5-14(13)26-16/h2-5H,6-12H2,1H3,(H,18,22). The SMILES string of the molecule is COC(=O)N1CCN(CCNC(=O)CSc2nc3ccccc3s2)CC1. The minimum absolute atomic E-state index is 0.0162. The highest BCUT2D eigenvalue weighted by Crippen LogP contribution is 2.28.